The molecule has 2 rings (SSSR count). The van der Waals surface area contributed by atoms with E-state index >= 15 is 0 Å². The van der Waals surface area contributed by atoms with Crippen molar-refractivity contribution < 1.29 is 40.8 Å². The lowest BCUT2D eigenvalue weighted by Crippen LogP contribution is -2.27. The van der Waals surface area contributed by atoms with Crippen LogP contribution >= 0.6 is 23.2 Å². The molecule has 9 nitrogen and oxygen atoms in total. The summed E-state index contributed by atoms with van der Waals surface area (Å²) in [4.78, 5) is 8.82. The van der Waals surface area contributed by atoms with Gasteiger partial charge in [0.1, 0.15) is 0 Å². The van der Waals surface area contributed by atoms with Gasteiger partial charge >= 0.3 is 23.2 Å². The Morgan fingerprint density at radius 2 is 1.71 bits per heavy atom. The van der Waals surface area contributed by atoms with Gasteiger partial charge in [0.15, 0.2) is 0 Å². The van der Waals surface area contributed by atoms with Crippen LogP contribution in [0.25, 0.3) is 0 Å². The molecule has 14 heavy (non-hydrogen) atoms. The highest BCUT2D eigenvalue weighted by molar-refractivity contribution is 7.69. The van der Waals surface area contributed by atoms with Crippen LogP contribution in [0.5, 0.6) is 0 Å². The Morgan fingerprint density at radius 1 is 1.07 bits per heavy atom. The van der Waals surface area contributed by atoms with E-state index in [-0.39, 0.29) is 0 Å². The fourth-order valence-corrected chi connectivity index (χ4v) is 5.50. The van der Waals surface area contributed by atoms with Crippen molar-refractivity contribution in [3.05, 3.63) is 0 Å². The van der Waals surface area contributed by atoms with Crippen molar-refractivity contribution >= 4 is 23.2 Å². The van der Waals surface area contributed by atoms with Gasteiger partial charge < -0.3 is 4.89 Å². The molecule has 0 aromatic heterocycles. The fourth-order valence-electron chi connectivity index (χ4n) is 0.828. The Kier molecular flexibility index (Phi) is 2.33. The van der Waals surface area contributed by atoms with E-state index in [2.05, 4.69) is 22.2 Å². The average molecular weight is 266 g/mol. The molecule has 2 heterocycles. The Labute approximate surface area is 78.0 Å². The molecular formula is C2H5O9P3. The van der Waals surface area contributed by atoms with Crippen molar-refractivity contribution in [2.24, 2.45) is 0 Å². The molecular weight excluding hydrogens is 261 g/mol. The lowest BCUT2D eigenvalue weighted by atomic mass is 11.4. The molecule has 4 atom stereocenters. The lowest BCUT2D eigenvalue weighted by Gasteiger charge is -2.36. The average Bonchev–Trinajstić information content (AvgIpc) is 1.71. The van der Waals surface area contributed by atoms with Crippen molar-refractivity contribution in [2.75, 3.05) is 6.66 Å². The first-order valence-electron chi connectivity index (χ1n) is 3.18. The van der Waals surface area contributed by atoms with Crippen LogP contribution in [0.2, 0.25) is 0 Å². The molecule has 0 saturated carbocycles. The number of phosphoric ester groups is 1. The Morgan fingerprint density at radius 3 is 2.29 bits per heavy atom. The van der Waals surface area contributed by atoms with Gasteiger partial charge in [-0.25, -0.2) is 22.5 Å². The topological polar surface area (TPSA) is 118 Å². The molecule has 2 saturated heterocycles. The minimum Gasteiger partial charge on any atom is -0.302 e. The summed E-state index contributed by atoms with van der Waals surface area (Å²) < 4.78 is 54.7. The predicted molar refractivity (Wildman–Crippen MR) is 40.2 cm³/mol. The van der Waals surface area contributed by atoms with Crippen molar-refractivity contribution in [1.29, 1.82) is 0 Å². The van der Waals surface area contributed by atoms with Crippen LogP contribution in [0, 0.1) is 0 Å². The first-order valence-corrected chi connectivity index (χ1v) is 8.13. The maximum atomic E-state index is 11.4. The highest BCUT2D eigenvalue weighted by Gasteiger charge is 2.56. The molecule has 0 aromatic carbocycles. The van der Waals surface area contributed by atoms with Gasteiger partial charge in [-0.3, -0.25) is 9.09 Å². The molecule has 4 unspecified atom stereocenters. The molecule has 0 aliphatic carbocycles. The normalized spacial score (nSPS) is 58.3. The van der Waals surface area contributed by atoms with E-state index in [1.807, 2.05) is 0 Å². The summed E-state index contributed by atoms with van der Waals surface area (Å²) in [6.45, 7) is -0.787. The van der Waals surface area contributed by atoms with E-state index in [1.54, 1.807) is 0 Å². The van der Waals surface area contributed by atoms with E-state index in [1.165, 1.54) is 0 Å². The summed E-state index contributed by atoms with van der Waals surface area (Å²) in [6, 6.07) is 0. The number of phosphoric acid groups is 2. The van der Waals surface area contributed by atoms with Gasteiger partial charge in [-0.1, -0.05) is 0 Å². The second-order valence-corrected chi connectivity index (χ2v) is 7.77. The molecule has 2 bridgehead atoms. The number of hydrogen-bond donors (Lipinski definition) is 1. The third-order valence-electron chi connectivity index (χ3n) is 1.16. The molecule has 0 spiro atoms. The molecule has 0 aromatic rings. The molecule has 12 heteroatoms. The smallest absolute Gasteiger partial charge is 0.302 e. The highest BCUT2D eigenvalue weighted by atomic mass is 31.3. The van der Waals surface area contributed by atoms with Crippen LogP contribution in [0.1, 0.15) is 0 Å². The second-order valence-electron chi connectivity index (χ2n) is 2.46. The van der Waals surface area contributed by atoms with Crippen LogP contribution in [0.15, 0.2) is 0 Å². The van der Waals surface area contributed by atoms with Crippen molar-refractivity contribution in [3.8, 4) is 0 Å². The third-order valence-corrected chi connectivity index (χ3v) is 6.20. The van der Waals surface area contributed by atoms with Gasteiger partial charge in [0.25, 0.3) is 6.48 Å². The summed E-state index contributed by atoms with van der Waals surface area (Å²) in [5.41, 5.74) is 0. The summed E-state index contributed by atoms with van der Waals surface area (Å²) >= 11 is 0. The zero-order chi connectivity index (χ0) is 10.6. The van der Waals surface area contributed by atoms with Crippen molar-refractivity contribution in [1.82, 2.24) is 0 Å². The first kappa shape index (κ1) is 11.0. The number of rotatable bonds is 0. The SMILES string of the molecule is CP1(=O)OC2OP(=O)(O)OP(=O)(O2)O1. The van der Waals surface area contributed by atoms with Crippen molar-refractivity contribution in [2.45, 2.75) is 6.48 Å². The minimum absolute atomic E-state index is 0.996. The fraction of sp³-hybridized carbons (Fsp3) is 1.00. The monoisotopic (exact) mass is 266 g/mol. The van der Waals surface area contributed by atoms with E-state index in [9.17, 15) is 13.7 Å². The van der Waals surface area contributed by atoms with Crippen LogP contribution in [-0.2, 0) is 35.9 Å². The van der Waals surface area contributed by atoms with Crippen LogP contribution in [0.3, 0.4) is 0 Å². The highest BCUT2D eigenvalue weighted by Crippen LogP contribution is 2.78. The Hall–Kier alpha value is 0.450. The molecule has 1 N–H and O–H groups in total. The largest absolute Gasteiger partial charge is 0.495 e. The molecule has 82 valence electrons. The second kappa shape index (κ2) is 2.98. The van der Waals surface area contributed by atoms with Crippen LogP contribution in [0.4, 0.5) is 0 Å². The van der Waals surface area contributed by atoms with Gasteiger partial charge in [-0.05, 0) is 0 Å². The van der Waals surface area contributed by atoms with E-state index in [4.69, 9.17) is 4.89 Å². The molecule has 2 aliphatic heterocycles. The number of fused-ring (bicyclic) bond motifs is 2. The Bertz CT molecular complexity index is 364. The summed E-state index contributed by atoms with van der Waals surface area (Å²) in [5.74, 6) is 0. The molecule has 2 fully saturated rings. The quantitative estimate of drug-likeness (QED) is 0.649. The molecule has 0 amide bonds. The first-order chi connectivity index (χ1) is 6.20. The summed E-state index contributed by atoms with van der Waals surface area (Å²) in [5, 5.41) is 0. The van der Waals surface area contributed by atoms with E-state index in [0.29, 0.717) is 0 Å². The maximum Gasteiger partial charge on any atom is 0.495 e. The van der Waals surface area contributed by atoms with Gasteiger partial charge in [-0.2, -0.15) is 4.31 Å². The molecule has 2 aliphatic rings. The van der Waals surface area contributed by atoms with Gasteiger partial charge in [0.2, 0.25) is 0 Å². The summed E-state index contributed by atoms with van der Waals surface area (Å²) in [7, 11) is -12.5. The third kappa shape index (κ3) is 2.17. The van der Waals surface area contributed by atoms with Gasteiger partial charge in [0, 0.05) is 6.66 Å². The van der Waals surface area contributed by atoms with E-state index < -0.39 is 29.7 Å². The predicted octanol–water partition coefficient (Wildman–Crippen LogP) is 1.41. The zero-order valence-corrected chi connectivity index (χ0v) is 9.32. The van der Waals surface area contributed by atoms with E-state index in [0.717, 1.165) is 6.66 Å². The number of hydrogen-bond acceptors (Lipinski definition) is 8. The van der Waals surface area contributed by atoms with Gasteiger partial charge in [-0.15, -0.1) is 0 Å². The lowest BCUT2D eigenvalue weighted by molar-refractivity contribution is -0.190. The standard InChI is InChI=1S/C2H5O9P3/c1-12(3)7-2-8-13(4,5)11-14(6,9-2)10-12/h2H,1H3,(H,4,5). The summed E-state index contributed by atoms with van der Waals surface area (Å²) in [6.07, 6.45) is 0. The van der Waals surface area contributed by atoms with Crippen LogP contribution < -0.4 is 0 Å². The van der Waals surface area contributed by atoms with Gasteiger partial charge in [0.05, 0.1) is 0 Å². The van der Waals surface area contributed by atoms with Crippen LogP contribution in [-0.4, -0.2) is 18.0 Å². The molecule has 0 radical (unpaired) electrons. The minimum atomic E-state index is -4.55. The zero-order valence-electron chi connectivity index (χ0n) is 6.63. The maximum absolute atomic E-state index is 11.4. The van der Waals surface area contributed by atoms with Crippen molar-refractivity contribution in [3.63, 3.8) is 0 Å². The Balaban J connectivity index is 2.36.